The maximum Gasteiger partial charge on any atom is 0.417 e. The molecule has 0 saturated heterocycles. The third-order valence-corrected chi connectivity index (χ3v) is 3.81. The van der Waals surface area contributed by atoms with E-state index >= 15 is 0 Å². The van der Waals surface area contributed by atoms with Crippen molar-refractivity contribution in [3.05, 3.63) is 35.9 Å². The number of likely N-dealkylation sites (N-methyl/N-ethyl adjacent to an activating group) is 1. The summed E-state index contributed by atoms with van der Waals surface area (Å²) in [7, 11) is 1.45. The minimum absolute atomic E-state index is 0.148. The highest BCUT2D eigenvalue weighted by Gasteiger charge is 2.24. The number of nitrogens with one attached hydrogen (secondary N) is 2. The monoisotopic (exact) mass is 421 g/mol. The lowest BCUT2D eigenvalue weighted by Gasteiger charge is -2.23. The molecule has 166 valence electrons. The zero-order chi connectivity index (χ0) is 22.7. The van der Waals surface area contributed by atoms with E-state index in [4.69, 9.17) is 19.6 Å². The average molecular weight is 421 g/mol. The molecule has 30 heavy (non-hydrogen) atoms. The summed E-state index contributed by atoms with van der Waals surface area (Å²) in [5, 5.41) is 10.1. The molecule has 0 heterocycles. The van der Waals surface area contributed by atoms with Crippen LogP contribution in [0.25, 0.3) is 0 Å². The van der Waals surface area contributed by atoms with E-state index in [-0.39, 0.29) is 30.9 Å². The summed E-state index contributed by atoms with van der Waals surface area (Å²) in [6.45, 7) is 6.70. The molecule has 0 radical (unpaired) electrons. The molecule has 0 spiro atoms. The zero-order valence-electron chi connectivity index (χ0n) is 18.1. The van der Waals surface area contributed by atoms with Crippen molar-refractivity contribution in [3.63, 3.8) is 0 Å². The highest BCUT2D eigenvalue weighted by molar-refractivity contribution is 5.93. The van der Waals surface area contributed by atoms with Gasteiger partial charge in [0.15, 0.2) is 0 Å². The normalized spacial score (nSPS) is 11.6. The van der Waals surface area contributed by atoms with Gasteiger partial charge in [-0.25, -0.2) is 4.79 Å². The van der Waals surface area contributed by atoms with Gasteiger partial charge in [0.1, 0.15) is 6.54 Å². The first kappa shape index (κ1) is 24.9. The molecule has 0 aliphatic rings. The number of aryl methyl sites for hydroxylation is 1. The van der Waals surface area contributed by atoms with Gasteiger partial charge in [0.05, 0.1) is 6.10 Å². The number of ether oxygens (including phenoxy) is 3. The number of esters is 2. The number of hydrogen-bond acceptors (Lipinski definition) is 7. The van der Waals surface area contributed by atoms with Crippen molar-refractivity contribution in [2.75, 3.05) is 13.6 Å². The smallest absolute Gasteiger partial charge is 0.417 e. The fourth-order valence-corrected chi connectivity index (χ4v) is 2.28. The largest absolute Gasteiger partial charge is 0.462 e. The number of carbonyl (C=O) groups is 3. The Hall–Kier alpha value is -3.10. The lowest BCUT2D eigenvalue weighted by molar-refractivity contribution is -0.174. The first-order valence-corrected chi connectivity index (χ1v) is 9.78. The Labute approximate surface area is 177 Å². The van der Waals surface area contributed by atoms with Gasteiger partial charge in [0.25, 0.3) is 6.29 Å². The van der Waals surface area contributed by atoms with E-state index in [1.54, 1.807) is 27.7 Å². The van der Waals surface area contributed by atoms with Crippen LogP contribution < -0.4 is 5.32 Å². The van der Waals surface area contributed by atoms with Crippen LogP contribution in [0, 0.1) is 11.3 Å². The summed E-state index contributed by atoms with van der Waals surface area (Å²) < 4.78 is 15.4. The van der Waals surface area contributed by atoms with Crippen LogP contribution in [0.2, 0.25) is 0 Å². The van der Waals surface area contributed by atoms with Gasteiger partial charge in [-0.2, -0.15) is 0 Å². The number of benzene rings is 1. The van der Waals surface area contributed by atoms with Crippen molar-refractivity contribution in [1.29, 1.82) is 5.41 Å². The molecule has 1 aromatic rings. The van der Waals surface area contributed by atoms with Crippen LogP contribution in [0.5, 0.6) is 0 Å². The molecule has 1 unspecified atom stereocenters. The number of rotatable bonds is 9. The number of amides is 1. The molecular weight excluding hydrogens is 390 g/mol. The summed E-state index contributed by atoms with van der Waals surface area (Å²) in [6.07, 6.45) is -1.68. The van der Waals surface area contributed by atoms with E-state index in [1.807, 2.05) is 30.3 Å². The van der Waals surface area contributed by atoms with Gasteiger partial charge < -0.3 is 19.1 Å². The number of hydrogen-bond donors (Lipinski definition) is 2. The standard InChI is InChI=1S/C21H31N3O6/c1-14(2)19(29-17(25)12-11-16-9-7-6-8-10-16)30-21(27)23-20(22)24(5)13-18(26)28-15(3)4/h6-10,14-15,19H,11-13H2,1-5H3,(H2,22,23,27). The van der Waals surface area contributed by atoms with Gasteiger partial charge in [-0.15, -0.1) is 0 Å². The van der Waals surface area contributed by atoms with Crippen LogP contribution in [0.1, 0.15) is 39.7 Å². The third kappa shape index (κ3) is 9.90. The van der Waals surface area contributed by atoms with Gasteiger partial charge >= 0.3 is 18.0 Å². The topological polar surface area (TPSA) is 118 Å². The van der Waals surface area contributed by atoms with Crippen LogP contribution >= 0.6 is 0 Å². The van der Waals surface area contributed by atoms with Crippen molar-refractivity contribution < 1.29 is 28.6 Å². The van der Waals surface area contributed by atoms with E-state index in [0.29, 0.717) is 6.42 Å². The van der Waals surface area contributed by atoms with E-state index in [0.717, 1.165) is 5.56 Å². The highest BCUT2D eigenvalue weighted by atomic mass is 16.7. The number of alkyl carbamates (subject to hydrolysis) is 1. The Morgan fingerprint density at radius 2 is 1.63 bits per heavy atom. The van der Waals surface area contributed by atoms with Crippen molar-refractivity contribution in [2.24, 2.45) is 5.92 Å². The van der Waals surface area contributed by atoms with E-state index < -0.39 is 24.3 Å². The zero-order valence-corrected chi connectivity index (χ0v) is 18.1. The molecule has 1 rings (SSSR count). The van der Waals surface area contributed by atoms with E-state index in [1.165, 1.54) is 11.9 Å². The molecule has 1 atom stereocenters. The Morgan fingerprint density at radius 3 is 2.20 bits per heavy atom. The van der Waals surface area contributed by atoms with Crippen LogP contribution in [0.15, 0.2) is 30.3 Å². The predicted octanol–water partition coefficient (Wildman–Crippen LogP) is 2.69. The number of guanidine groups is 1. The van der Waals surface area contributed by atoms with Gasteiger partial charge in [0.2, 0.25) is 5.96 Å². The lowest BCUT2D eigenvalue weighted by Crippen LogP contribution is -2.45. The second kappa shape index (κ2) is 12.5. The number of nitrogens with zero attached hydrogens (tertiary/aromatic N) is 1. The molecule has 0 aliphatic heterocycles. The van der Waals surface area contributed by atoms with Crippen LogP contribution in [0.3, 0.4) is 0 Å². The molecule has 0 fully saturated rings. The summed E-state index contributed by atoms with van der Waals surface area (Å²) in [5.74, 6) is -1.66. The van der Waals surface area contributed by atoms with Crippen molar-refractivity contribution in [2.45, 2.75) is 52.9 Å². The second-order valence-electron chi connectivity index (χ2n) is 7.36. The highest BCUT2D eigenvalue weighted by Crippen LogP contribution is 2.11. The molecule has 0 saturated carbocycles. The van der Waals surface area contributed by atoms with Gasteiger partial charge in [-0.1, -0.05) is 44.2 Å². The SMILES string of the molecule is CC(C)OC(=O)CN(C)C(=N)NC(=O)OC(OC(=O)CCc1ccccc1)C(C)C. The quantitative estimate of drug-likeness (QED) is 0.272. The molecule has 9 nitrogen and oxygen atoms in total. The third-order valence-electron chi connectivity index (χ3n) is 3.81. The molecule has 1 aromatic carbocycles. The van der Waals surface area contributed by atoms with Gasteiger partial charge in [0, 0.05) is 19.4 Å². The lowest BCUT2D eigenvalue weighted by atomic mass is 10.1. The Kier molecular flexibility index (Phi) is 10.4. The summed E-state index contributed by atoms with van der Waals surface area (Å²) in [6, 6.07) is 9.50. The Bertz CT molecular complexity index is 721. The molecule has 9 heteroatoms. The number of carbonyl (C=O) groups excluding carboxylic acids is 3. The van der Waals surface area contributed by atoms with Crippen molar-refractivity contribution in [3.8, 4) is 0 Å². The molecule has 2 N–H and O–H groups in total. The average Bonchev–Trinajstić information content (AvgIpc) is 2.65. The van der Waals surface area contributed by atoms with Crippen molar-refractivity contribution in [1.82, 2.24) is 10.2 Å². The Balaban J connectivity index is 2.49. The minimum Gasteiger partial charge on any atom is -0.462 e. The fraction of sp³-hybridized carbons (Fsp3) is 0.524. The minimum atomic E-state index is -1.10. The molecule has 0 aliphatic carbocycles. The fourth-order valence-electron chi connectivity index (χ4n) is 2.28. The maximum atomic E-state index is 12.1. The van der Waals surface area contributed by atoms with Crippen LogP contribution in [0.4, 0.5) is 4.79 Å². The van der Waals surface area contributed by atoms with E-state index in [2.05, 4.69) is 5.32 Å². The van der Waals surface area contributed by atoms with Gasteiger partial charge in [-0.3, -0.25) is 20.3 Å². The second-order valence-corrected chi connectivity index (χ2v) is 7.36. The molecule has 0 aromatic heterocycles. The van der Waals surface area contributed by atoms with Gasteiger partial charge in [-0.05, 0) is 25.8 Å². The summed E-state index contributed by atoms with van der Waals surface area (Å²) in [4.78, 5) is 37.0. The Morgan fingerprint density at radius 1 is 1.00 bits per heavy atom. The maximum absolute atomic E-state index is 12.1. The van der Waals surface area contributed by atoms with E-state index in [9.17, 15) is 14.4 Å². The molecule has 0 bridgehead atoms. The summed E-state index contributed by atoms with van der Waals surface area (Å²) in [5.41, 5.74) is 1.00. The molecule has 1 amide bonds. The summed E-state index contributed by atoms with van der Waals surface area (Å²) >= 11 is 0. The van der Waals surface area contributed by atoms with Crippen LogP contribution in [-0.4, -0.2) is 54.9 Å². The first-order chi connectivity index (χ1) is 14.1. The van der Waals surface area contributed by atoms with Crippen molar-refractivity contribution >= 4 is 24.0 Å². The first-order valence-electron chi connectivity index (χ1n) is 9.78. The van der Waals surface area contributed by atoms with Crippen LogP contribution in [-0.2, 0) is 30.2 Å². The molecular formula is C21H31N3O6. The predicted molar refractivity (Wildman–Crippen MR) is 111 cm³/mol.